The number of rotatable bonds is 0. The first-order chi connectivity index (χ1) is 5.59. The molecule has 1 aliphatic rings. The van der Waals surface area contributed by atoms with E-state index in [0.29, 0.717) is 0 Å². The van der Waals surface area contributed by atoms with Crippen LogP contribution in [0.15, 0.2) is 12.1 Å². The molecule has 0 radical (unpaired) electrons. The van der Waals surface area contributed by atoms with E-state index in [4.69, 9.17) is 0 Å². The standard InChI is InChI=1S/C10H14N2/c1-7-4-5-8-9(12-7)10(2,3)6-11-8/h4-5,11H,6H2,1-3H3. The van der Waals surface area contributed by atoms with E-state index in [-0.39, 0.29) is 5.41 Å². The zero-order valence-electron chi connectivity index (χ0n) is 7.81. The molecule has 64 valence electrons. The maximum absolute atomic E-state index is 4.54. The van der Waals surface area contributed by atoms with E-state index in [1.54, 1.807) is 0 Å². The van der Waals surface area contributed by atoms with Gasteiger partial charge in [-0.3, -0.25) is 4.98 Å². The monoisotopic (exact) mass is 162 g/mol. The zero-order valence-corrected chi connectivity index (χ0v) is 7.81. The number of aromatic nitrogens is 1. The molecule has 2 rings (SSSR count). The predicted molar refractivity (Wildman–Crippen MR) is 50.5 cm³/mol. The largest absolute Gasteiger partial charge is 0.383 e. The summed E-state index contributed by atoms with van der Waals surface area (Å²) in [6, 6.07) is 4.17. The van der Waals surface area contributed by atoms with E-state index >= 15 is 0 Å². The molecule has 0 aromatic carbocycles. The molecule has 0 atom stereocenters. The summed E-state index contributed by atoms with van der Waals surface area (Å²) in [7, 11) is 0. The Balaban J connectivity index is 2.57. The minimum Gasteiger partial charge on any atom is -0.383 e. The Morgan fingerprint density at radius 1 is 1.42 bits per heavy atom. The third-order valence-corrected chi connectivity index (χ3v) is 2.40. The van der Waals surface area contributed by atoms with Crippen molar-refractivity contribution in [2.75, 3.05) is 11.9 Å². The average molecular weight is 162 g/mol. The Bertz CT molecular complexity index is 316. The summed E-state index contributed by atoms with van der Waals surface area (Å²) in [5.74, 6) is 0. The third-order valence-electron chi connectivity index (χ3n) is 2.40. The van der Waals surface area contributed by atoms with Gasteiger partial charge in [0.1, 0.15) is 0 Å². The van der Waals surface area contributed by atoms with Crippen LogP contribution in [0.1, 0.15) is 25.2 Å². The molecule has 2 nitrogen and oxygen atoms in total. The van der Waals surface area contributed by atoms with Crippen LogP contribution in [0.3, 0.4) is 0 Å². The van der Waals surface area contributed by atoms with E-state index in [1.807, 2.05) is 13.0 Å². The van der Waals surface area contributed by atoms with Crippen LogP contribution in [0.5, 0.6) is 0 Å². The van der Waals surface area contributed by atoms with Gasteiger partial charge in [0.25, 0.3) is 0 Å². The van der Waals surface area contributed by atoms with Crippen LogP contribution in [0, 0.1) is 6.92 Å². The number of anilines is 1. The molecular formula is C10H14N2. The van der Waals surface area contributed by atoms with Crippen molar-refractivity contribution >= 4 is 5.69 Å². The summed E-state index contributed by atoms with van der Waals surface area (Å²) in [4.78, 5) is 4.54. The first-order valence-electron chi connectivity index (χ1n) is 4.32. The maximum Gasteiger partial charge on any atom is 0.0711 e. The molecule has 0 spiro atoms. The van der Waals surface area contributed by atoms with E-state index in [0.717, 1.165) is 12.2 Å². The second-order valence-electron chi connectivity index (χ2n) is 4.09. The van der Waals surface area contributed by atoms with Gasteiger partial charge in [-0.15, -0.1) is 0 Å². The molecule has 0 saturated carbocycles. The minimum atomic E-state index is 0.196. The highest BCUT2D eigenvalue weighted by Crippen LogP contribution is 2.34. The topological polar surface area (TPSA) is 24.9 Å². The van der Waals surface area contributed by atoms with Gasteiger partial charge in [0.2, 0.25) is 0 Å². The number of hydrogen-bond donors (Lipinski definition) is 1. The number of fused-ring (bicyclic) bond motifs is 1. The number of hydrogen-bond acceptors (Lipinski definition) is 2. The maximum atomic E-state index is 4.54. The van der Waals surface area contributed by atoms with Crippen LogP contribution in [-0.2, 0) is 5.41 Å². The highest BCUT2D eigenvalue weighted by atomic mass is 15.0. The van der Waals surface area contributed by atoms with Gasteiger partial charge in [-0.25, -0.2) is 0 Å². The quantitative estimate of drug-likeness (QED) is 0.632. The number of aryl methyl sites for hydroxylation is 1. The lowest BCUT2D eigenvalue weighted by atomic mass is 9.91. The Labute approximate surface area is 73.0 Å². The number of pyridine rings is 1. The van der Waals surface area contributed by atoms with Crippen LogP contribution in [0.25, 0.3) is 0 Å². The van der Waals surface area contributed by atoms with Gasteiger partial charge in [-0.05, 0) is 19.1 Å². The van der Waals surface area contributed by atoms with Crippen molar-refractivity contribution in [2.24, 2.45) is 0 Å². The smallest absolute Gasteiger partial charge is 0.0711 e. The van der Waals surface area contributed by atoms with Crippen molar-refractivity contribution in [3.63, 3.8) is 0 Å². The molecule has 0 unspecified atom stereocenters. The fourth-order valence-electron chi connectivity index (χ4n) is 1.62. The Morgan fingerprint density at radius 2 is 2.17 bits per heavy atom. The van der Waals surface area contributed by atoms with Crippen molar-refractivity contribution < 1.29 is 0 Å². The molecule has 2 heterocycles. The fraction of sp³-hybridized carbons (Fsp3) is 0.500. The van der Waals surface area contributed by atoms with Crippen molar-refractivity contribution in [3.05, 3.63) is 23.5 Å². The van der Waals surface area contributed by atoms with E-state index in [2.05, 4.69) is 30.2 Å². The van der Waals surface area contributed by atoms with Crippen LogP contribution in [0.2, 0.25) is 0 Å². The average Bonchev–Trinajstić information content (AvgIpc) is 2.28. The molecule has 12 heavy (non-hydrogen) atoms. The second kappa shape index (κ2) is 2.22. The van der Waals surface area contributed by atoms with Gasteiger partial charge in [0, 0.05) is 17.7 Å². The summed E-state index contributed by atoms with van der Waals surface area (Å²) in [5.41, 5.74) is 3.71. The van der Waals surface area contributed by atoms with Crippen LogP contribution < -0.4 is 5.32 Å². The van der Waals surface area contributed by atoms with Crippen molar-refractivity contribution in [2.45, 2.75) is 26.2 Å². The summed E-state index contributed by atoms with van der Waals surface area (Å²) in [5, 5.41) is 3.36. The summed E-state index contributed by atoms with van der Waals surface area (Å²) in [6.45, 7) is 7.48. The third kappa shape index (κ3) is 0.986. The molecule has 0 fully saturated rings. The fourth-order valence-corrected chi connectivity index (χ4v) is 1.62. The van der Waals surface area contributed by atoms with Gasteiger partial charge in [-0.1, -0.05) is 13.8 Å². The lowest BCUT2D eigenvalue weighted by Crippen LogP contribution is -2.20. The van der Waals surface area contributed by atoms with E-state index in [1.165, 1.54) is 11.4 Å². The van der Waals surface area contributed by atoms with Gasteiger partial charge >= 0.3 is 0 Å². The number of nitrogens with zero attached hydrogens (tertiary/aromatic N) is 1. The molecule has 1 aromatic rings. The van der Waals surface area contributed by atoms with Crippen LogP contribution in [0.4, 0.5) is 5.69 Å². The lowest BCUT2D eigenvalue weighted by molar-refractivity contribution is 0.567. The lowest BCUT2D eigenvalue weighted by Gasteiger charge is -2.15. The van der Waals surface area contributed by atoms with E-state index < -0.39 is 0 Å². The van der Waals surface area contributed by atoms with Crippen molar-refractivity contribution in [3.8, 4) is 0 Å². The second-order valence-corrected chi connectivity index (χ2v) is 4.09. The highest BCUT2D eigenvalue weighted by molar-refractivity contribution is 5.56. The first kappa shape index (κ1) is 7.59. The van der Waals surface area contributed by atoms with Crippen molar-refractivity contribution in [1.29, 1.82) is 0 Å². The van der Waals surface area contributed by atoms with Gasteiger partial charge < -0.3 is 5.32 Å². The van der Waals surface area contributed by atoms with Gasteiger partial charge in [-0.2, -0.15) is 0 Å². The SMILES string of the molecule is Cc1ccc2c(n1)C(C)(C)CN2. The van der Waals surface area contributed by atoms with Gasteiger partial charge in [0.05, 0.1) is 11.4 Å². The summed E-state index contributed by atoms with van der Waals surface area (Å²) in [6.07, 6.45) is 0. The first-order valence-corrected chi connectivity index (χ1v) is 4.32. The Morgan fingerprint density at radius 3 is 2.92 bits per heavy atom. The van der Waals surface area contributed by atoms with Gasteiger partial charge in [0.15, 0.2) is 0 Å². The Kier molecular flexibility index (Phi) is 1.40. The highest BCUT2D eigenvalue weighted by Gasteiger charge is 2.30. The normalized spacial score (nSPS) is 18.6. The molecule has 0 amide bonds. The molecule has 1 aliphatic heterocycles. The molecule has 0 aliphatic carbocycles. The molecular weight excluding hydrogens is 148 g/mol. The van der Waals surface area contributed by atoms with Crippen molar-refractivity contribution in [1.82, 2.24) is 4.98 Å². The molecule has 2 heteroatoms. The molecule has 0 saturated heterocycles. The van der Waals surface area contributed by atoms with E-state index in [9.17, 15) is 0 Å². The summed E-state index contributed by atoms with van der Waals surface area (Å²) < 4.78 is 0. The Hall–Kier alpha value is -1.05. The van der Waals surface area contributed by atoms with Crippen LogP contribution in [-0.4, -0.2) is 11.5 Å². The zero-order chi connectivity index (χ0) is 8.77. The summed E-state index contributed by atoms with van der Waals surface area (Å²) >= 11 is 0. The van der Waals surface area contributed by atoms with Crippen LogP contribution >= 0.6 is 0 Å². The molecule has 0 bridgehead atoms. The predicted octanol–water partition coefficient (Wildman–Crippen LogP) is 2.09. The number of nitrogens with one attached hydrogen (secondary N) is 1. The molecule has 1 aromatic heterocycles. The molecule has 1 N–H and O–H groups in total. The minimum absolute atomic E-state index is 0.196.